The Kier molecular flexibility index (Phi) is 7.28. The molecular weight excluding hydrogens is 136 g/mol. The van der Waals surface area contributed by atoms with E-state index in [0.29, 0.717) is 0 Å². The second-order valence-corrected chi connectivity index (χ2v) is 2.61. The van der Waals surface area contributed by atoms with E-state index in [1.165, 1.54) is 25.3 Å². The average molecular weight is 155 g/mol. The van der Waals surface area contributed by atoms with E-state index in [2.05, 4.69) is 6.92 Å². The number of carbonyl (C=O) groups is 1. The van der Waals surface area contributed by atoms with Gasteiger partial charge in [-0.05, 0) is 18.9 Å². The average Bonchev–Trinajstić information content (AvgIpc) is 2.09. The summed E-state index contributed by atoms with van der Waals surface area (Å²) in [5, 5.41) is 0. The molecule has 0 radical (unpaired) electrons. The number of carbonyl (C=O) groups excluding carboxylic acids is 1. The van der Waals surface area contributed by atoms with Crippen molar-refractivity contribution in [2.24, 2.45) is 0 Å². The predicted molar refractivity (Wildman–Crippen MR) is 48.6 cm³/mol. The summed E-state index contributed by atoms with van der Waals surface area (Å²) in [7, 11) is 0. The van der Waals surface area contributed by atoms with Crippen LogP contribution in [0.4, 0.5) is 0 Å². The third kappa shape index (κ3) is 9.41. The molecule has 1 unspecified atom stereocenters. The van der Waals surface area contributed by atoms with Crippen LogP contribution >= 0.6 is 0 Å². The van der Waals surface area contributed by atoms with Gasteiger partial charge in [-0.15, -0.1) is 0 Å². The molecule has 0 saturated carbocycles. The normalized spacial score (nSPS) is 14.8. The molecule has 1 nitrogen and oxygen atoms in total. The Bertz CT molecular complexity index is 132. The third-order valence-electron chi connectivity index (χ3n) is 1.55. The minimum Gasteiger partial charge on any atom is -0.299 e. The maximum atomic E-state index is 9.92. The van der Waals surface area contributed by atoms with Crippen LogP contribution in [-0.4, -0.2) is 6.29 Å². The van der Waals surface area contributed by atoms with Gasteiger partial charge in [-0.2, -0.15) is 0 Å². The van der Waals surface area contributed by atoms with Crippen LogP contribution in [0.2, 0.25) is 0 Å². The van der Waals surface area contributed by atoms with Crippen molar-refractivity contribution in [3.8, 4) is 0 Å². The molecule has 0 aliphatic carbocycles. The number of hydrogen-bond donors (Lipinski definition) is 0. The van der Waals surface area contributed by atoms with Crippen LogP contribution in [0.25, 0.3) is 0 Å². The van der Waals surface area contributed by atoms with Crippen LogP contribution in [0, 0.1) is 0 Å². The van der Waals surface area contributed by atoms with E-state index in [0.717, 1.165) is 19.1 Å². The molecule has 1 heteroatoms. The summed E-state index contributed by atoms with van der Waals surface area (Å²) >= 11 is 0. The van der Waals surface area contributed by atoms with Gasteiger partial charge in [0.1, 0.15) is 6.29 Å². The van der Waals surface area contributed by atoms with Crippen LogP contribution < -0.4 is 0 Å². The standard InChI is InChI=1S/C10H18O/c1-2-3-4-5-6-7-8-9-10-11/h8-10H,2-7H2,1H3/i7D. The zero-order chi connectivity index (χ0) is 9.23. The van der Waals surface area contributed by atoms with Crippen LogP contribution in [0.1, 0.15) is 46.8 Å². The molecule has 0 aromatic rings. The first-order valence-corrected chi connectivity index (χ1v) is 4.35. The van der Waals surface area contributed by atoms with Gasteiger partial charge in [-0.3, -0.25) is 4.79 Å². The van der Waals surface area contributed by atoms with Gasteiger partial charge in [0.05, 0.1) is 0 Å². The number of rotatable bonds is 7. The highest BCUT2D eigenvalue weighted by Gasteiger charge is 1.85. The van der Waals surface area contributed by atoms with Crippen LogP contribution in [-0.2, 0) is 4.79 Å². The van der Waals surface area contributed by atoms with Crippen molar-refractivity contribution >= 4 is 6.29 Å². The lowest BCUT2D eigenvalue weighted by atomic mass is 10.1. The zero-order valence-corrected chi connectivity index (χ0v) is 7.25. The second kappa shape index (κ2) is 9.41. The van der Waals surface area contributed by atoms with Gasteiger partial charge in [0.15, 0.2) is 0 Å². The smallest absolute Gasteiger partial charge is 0.142 e. The van der Waals surface area contributed by atoms with Gasteiger partial charge >= 0.3 is 0 Å². The maximum absolute atomic E-state index is 9.92. The summed E-state index contributed by atoms with van der Waals surface area (Å²) in [6.07, 6.45) is 9.28. The molecule has 0 aromatic heterocycles. The van der Waals surface area contributed by atoms with Gasteiger partial charge in [0.2, 0.25) is 0 Å². The number of aldehydes is 1. The molecule has 0 heterocycles. The summed E-state index contributed by atoms with van der Waals surface area (Å²) < 4.78 is 7.47. The minimum atomic E-state index is -0.188. The summed E-state index contributed by atoms with van der Waals surface area (Å²) in [6, 6.07) is 0. The Labute approximate surface area is 70.9 Å². The summed E-state index contributed by atoms with van der Waals surface area (Å²) in [5.74, 6) is 0. The van der Waals surface area contributed by atoms with Crippen molar-refractivity contribution in [1.29, 1.82) is 0 Å². The molecule has 0 rings (SSSR count). The molecular formula is C10H18O. The lowest BCUT2D eigenvalue weighted by Crippen LogP contribution is -1.75. The van der Waals surface area contributed by atoms with Crippen molar-refractivity contribution in [3.05, 3.63) is 12.2 Å². The molecule has 0 saturated heterocycles. The zero-order valence-electron chi connectivity index (χ0n) is 8.25. The van der Waals surface area contributed by atoms with Crippen LogP contribution in [0.3, 0.4) is 0 Å². The molecule has 0 aromatic carbocycles. The third-order valence-corrected chi connectivity index (χ3v) is 1.55. The highest BCUT2D eigenvalue weighted by atomic mass is 16.1. The summed E-state index contributed by atoms with van der Waals surface area (Å²) in [6.45, 7) is 2.17. The van der Waals surface area contributed by atoms with Crippen LogP contribution in [0.15, 0.2) is 12.2 Å². The van der Waals surface area contributed by atoms with Crippen molar-refractivity contribution in [2.75, 3.05) is 0 Å². The lowest BCUT2D eigenvalue weighted by molar-refractivity contribution is -0.104. The van der Waals surface area contributed by atoms with E-state index in [4.69, 9.17) is 1.37 Å². The van der Waals surface area contributed by atoms with Gasteiger partial charge in [-0.1, -0.05) is 38.7 Å². The monoisotopic (exact) mass is 155 g/mol. The maximum Gasteiger partial charge on any atom is 0.142 e. The molecule has 64 valence electrons. The van der Waals surface area contributed by atoms with Crippen molar-refractivity contribution in [1.82, 2.24) is 0 Å². The highest BCUT2D eigenvalue weighted by Crippen LogP contribution is 2.04. The predicted octanol–water partition coefficient (Wildman–Crippen LogP) is 3.10. The highest BCUT2D eigenvalue weighted by molar-refractivity contribution is 5.64. The van der Waals surface area contributed by atoms with E-state index < -0.39 is 0 Å². The Hall–Kier alpha value is -0.590. The first-order valence-electron chi connectivity index (χ1n) is 4.93. The largest absolute Gasteiger partial charge is 0.299 e. The molecule has 11 heavy (non-hydrogen) atoms. The topological polar surface area (TPSA) is 17.1 Å². The molecule has 0 aliphatic rings. The Morgan fingerprint density at radius 3 is 2.64 bits per heavy atom. The quantitative estimate of drug-likeness (QED) is 0.313. The van der Waals surface area contributed by atoms with Crippen LogP contribution in [0.5, 0.6) is 0 Å². The van der Waals surface area contributed by atoms with Crippen molar-refractivity contribution in [3.63, 3.8) is 0 Å². The fraction of sp³-hybridized carbons (Fsp3) is 0.700. The van der Waals surface area contributed by atoms with Crippen molar-refractivity contribution < 1.29 is 6.17 Å². The number of unbranched alkanes of at least 4 members (excludes halogenated alkanes) is 3. The Morgan fingerprint density at radius 2 is 2.00 bits per heavy atom. The number of allylic oxidation sites excluding steroid dienone is 2. The fourth-order valence-electron chi connectivity index (χ4n) is 0.909. The molecule has 1 atom stereocenters. The van der Waals surface area contributed by atoms with E-state index in [1.54, 1.807) is 6.08 Å². The molecule has 0 amide bonds. The van der Waals surface area contributed by atoms with Gasteiger partial charge in [0.25, 0.3) is 0 Å². The first kappa shape index (κ1) is 8.51. The molecule has 0 aliphatic heterocycles. The van der Waals surface area contributed by atoms with Gasteiger partial charge < -0.3 is 0 Å². The molecule has 0 spiro atoms. The SMILES string of the molecule is [2H]C(C=CC=O)CCCCCC. The van der Waals surface area contributed by atoms with E-state index in [1.807, 2.05) is 0 Å². The van der Waals surface area contributed by atoms with Gasteiger partial charge in [0, 0.05) is 1.37 Å². The Morgan fingerprint density at radius 1 is 1.27 bits per heavy atom. The van der Waals surface area contributed by atoms with E-state index >= 15 is 0 Å². The molecule has 0 bridgehead atoms. The summed E-state index contributed by atoms with van der Waals surface area (Å²) in [5.41, 5.74) is 0. The van der Waals surface area contributed by atoms with Gasteiger partial charge in [-0.25, -0.2) is 0 Å². The molecule has 0 N–H and O–H groups in total. The summed E-state index contributed by atoms with van der Waals surface area (Å²) in [4.78, 5) is 9.92. The van der Waals surface area contributed by atoms with E-state index in [-0.39, 0.29) is 6.40 Å². The lowest BCUT2D eigenvalue weighted by Gasteiger charge is -1.94. The molecule has 0 fully saturated rings. The Balaban J connectivity index is 3.24. The number of hydrogen-bond acceptors (Lipinski definition) is 1. The van der Waals surface area contributed by atoms with Crippen molar-refractivity contribution in [2.45, 2.75) is 45.4 Å². The first-order chi connectivity index (χ1) is 5.81. The van der Waals surface area contributed by atoms with E-state index in [9.17, 15) is 4.79 Å². The second-order valence-electron chi connectivity index (χ2n) is 2.61. The fourth-order valence-corrected chi connectivity index (χ4v) is 0.909. The minimum absolute atomic E-state index is 0.188.